The van der Waals surface area contributed by atoms with E-state index in [-0.39, 0.29) is 5.41 Å². The monoisotopic (exact) mass is 376 g/mol. The molecule has 1 aliphatic carbocycles. The van der Waals surface area contributed by atoms with Gasteiger partial charge in [0.05, 0.1) is 0 Å². The molecule has 2 aromatic rings. The topological polar surface area (TPSA) is 39.7 Å². The summed E-state index contributed by atoms with van der Waals surface area (Å²) >= 11 is 0. The molecule has 28 heavy (non-hydrogen) atoms. The Balaban J connectivity index is 1.25. The summed E-state index contributed by atoms with van der Waals surface area (Å²) in [6.07, 6.45) is 5.19. The molecule has 4 rings (SSSR count). The van der Waals surface area contributed by atoms with Crippen molar-refractivity contribution < 1.29 is 0 Å². The van der Waals surface area contributed by atoms with Gasteiger partial charge in [0.1, 0.15) is 0 Å². The molecule has 0 spiro atoms. The van der Waals surface area contributed by atoms with Crippen molar-refractivity contribution in [3.8, 4) is 0 Å². The van der Waals surface area contributed by atoms with Crippen LogP contribution in [0.5, 0.6) is 0 Å². The lowest BCUT2D eigenvalue weighted by molar-refractivity contribution is 0.331. The predicted octanol–water partition coefficient (Wildman–Crippen LogP) is 3.68. The Morgan fingerprint density at radius 3 is 2.25 bits per heavy atom. The molecular weight excluding hydrogens is 344 g/mol. The van der Waals surface area contributed by atoms with Crippen molar-refractivity contribution in [2.45, 2.75) is 44.2 Å². The molecule has 0 atom stereocenters. The highest BCUT2D eigenvalue weighted by Gasteiger charge is 2.43. The van der Waals surface area contributed by atoms with E-state index in [0.717, 1.165) is 25.6 Å². The molecule has 0 radical (unpaired) electrons. The molecule has 1 aliphatic heterocycles. The highest BCUT2D eigenvalue weighted by molar-refractivity contribution is 5.79. The average molecular weight is 377 g/mol. The van der Waals surface area contributed by atoms with Crippen LogP contribution in [0.25, 0.3) is 0 Å². The number of nitrogens with zero attached hydrogens (tertiary/aromatic N) is 2. The summed E-state index contributed by atoms with van der Waals surface area (Å²) in [5.41, 5.74) is 4.42. The van der Waals surface area contributed by atoms with Crippen LogP contribution >= 0.6 is 0 Å². The van der Waals surface area contributed by atoms with E-state index in [1.165, 1.54) is 55.5 Å². The number of aliphatic imine (C=N–C) groups is 1. The van der Waals surface area contributed by atoms with Crippen molar-refractivity contribution in [2.24, 2.45) is 4.99 Å². The van der Waals surface area contributed by atoms with Crippen molar-refractivity contribution in [2.75, 3.05) is 26.7 Å². The average Bonchev–Trinajstić information content (AvgIpc) is 3.37. The number of guanidine groups is 1. The molecule has 1 heterocycles. The van der Waals surface area contributed by atoms with E-state index in [2.05, 4.69) is 75.1 Å². The third-order valence-electron chi connectivity index (χ3n) is 6.15. The highest BCUT2D eigenvalue weighted by atomic mass is 15.2. The summed E-state index contributed by atoms with van der Waals surface area (Å²) in [5.74, 6) is 0.878. The van der Waals surface area contributed by atoms with Gasteiger partial charge < -0.3 is 10.6 Å². The quantitative estimate of drug-likeness (QED) is 0.572. The Morgan fingerprint density at radius 1 is 0.929 bits per heavy atom. The molecule has 148 valence electrons. The van der Waals surface area contributed by atoms with Crippen molar-refractivity contribution in [3.63, 3.8) is 0 Å². The lowest BCUT2D eigenvalue weighted by atomic mass is 9.96. The number of hydrogen-bond donors (Lipinski definition) is 2. The van der Waals surface area contributed by atoms with Gasteiger partial charge in [-0.25, -0.2) is 0 Å². The fourth-order valence-corrected chi connectivity index (χ4v) is 4.13. The number of nitrogens with one attached hydrogen (secondary N) is 2. The number of rotatable bonds is 7. The van der Waals surface area contributed by atoms with E-state index in [1.54, 1.807) is 0 Å². The predicted molar refractivity (Wildman–Crippen MR) is 117 cm³/mol. The lowest BCUT2D eigenvalue weighted by Crippen LogP contribution is -2.40. The smallest absolute Gasteiger partial charge is 0.191 e. The molecule has 2 aliphatic rings. The van der Waals surface area contributed by atoms with Crippen LogP contribution in [0, 0.1) is 0 Å². The Morgan fingerprint density at radius 2 is 1.61 bits per heavy atom. The Hall–Kier alpha value is -2.33. The molecule has 0 unspecified atom stereocenters. The zero-order chi connectivity index (χ0) is 19.2. The molecule has 2 N–H and O–H groups in total. The van der Waals surface area contributed by atoms with Crippen LogP contribution in [0.3, 0.4) is 0 Å². The molecule has 0 amide bonds. The minimum atomic E-state index is 0.288. The molecule has 1 saturated carbocycles. The first-order chi connectivity index (χ1) is 13.8. The first-order valence-electron chi connectivity index (χ1n) is 10.6. The number of likely N-dealkylation sites (tertiary alicyclic amines) is 1. The Kier molecular flexibility index (Phi) is 5.96. The maximum Gasteiger partial charge on any atom is 0.191 e. The summed E-state index contributed by atoms with van der Waals surface area (Å²) in [4.78, 5) is 6.94. The molecule has 0 aromatic heterocycles. The van der Waals surface area contributed by atoms with E-state index in [0.29, 0.717) is 0 Å². The van der Waals surface area contributed by atoms with Crippen molar-refractivity contribution in [3.05, 3.63) is 71.3 Å². The maximum atomic E-state index is 4.40. The third-order valence-corrected chi connectivity index (χ3v) is 6.15. The molecule has 2 fully saturated rings. The van der Waals surface area contributed by atoms with Gasteiger partial charge >= 0.3 is 0 Å². The van der Waals surface area contributed by atoms with Crippen LogP contribution in [0.4, 0.5) is 0 Å². The van der Waals surface area contributed by atoms with Crippen LogP contribution < -0.4 is 10.6 Å². The van der Waals surface area contributed by atoms with Crippen LogP contribution in [0.15, 0.2) is 59.6 Å². The van der Waals surface area contributed by atoms with Gasteiger partial charge in [0.25, 0.3) is 0 Å². The largest absolute Gasteiger partial charge is 0.356 e. The molecular formula is C24H32N4. The normalized spacial score (nSPS) is 18.8. The van der Waals surface area contributed by atoms with Crippen LogP contribution in [-0.4, -0.2) is 37.5 Å². The summed E-state index contributed by atoms with van der Waals surface area (Å²) in [5, 5.41) is 6.99. The van der Waals surface area contributed by atoms with Crippen LogP contribution in [0.2, 0.25) is 0 Å². The Labute approximate surface area is 169 Å². The molecule has 4 heteroatoms. The second-order valence-corrected chi connectivity index (χ2v) is 8.23. The van der Waals surface area contributed by atoms with E-state index in [4.69, 9.17) is 0 Å². The van der Waals surface area contributed by atoms with Gasteiger partial charge in [-0.05, 0) is 55.5 Å². The number of hydrogen-bond acceptors (Lipinski definition) is 2. The summed E-state index contributed by atoms with van der Waals surface area (Å²) in [6, 6.07) is 19.8. The molecule has 0 bridgehead atoms. The SMILES string of the molecule is CN=C(NCc1ccc(CN2CCCC2)cc1)NCC1(c2ccccc2)CC1. The van der Waals surface area contributed by atoms with Crippen molar-refractivity contribution >= 4 is 5.96 Å². The zero-order valence-electron chi connectivity index (χ0n) is 17.0. The van der Waals surface area contributed by atoms with Gasteiger partial charge in [-0.15, -0.1) is 0 Å². The summed E-state index contributed by atoms with van der Waals surface area (Å²) in [7, 11) is 1.84. The zero-order valence-corrected chi connectivity index (χ0v) is 17.0. The second kappa shape index (κ2) is 8.78. The first kappa shape index (κ1) is 19.0. The molecule has 4 nitrogen and oxygen atoms in total. The number of benzene rings is 2. The van der Waals surface area contributed by atoms with Gasteiger partial charge in [0.2, 0.25) is 0 Å². The van der Waals surface area contributed by atoms with E-state index >= 15 is 0 Å². The van der Waals surface area contributed by atoms with Gasteiger partial charge in [-0.3, -0.25) is 9.89 Å². The van der Waals surface area contributed by atoms with Crippen LogP contribution in [-0.2, 0) is 18.5 Å². The van der Waals surface area contributed by atoms with Gasteiger partial charge in [-0.1, -0.05) is 54.6 Å². The standard InChI is InChI=1S/C24H32N4/c1-25-23(27-19-24(13-14-24)22-7-3-2-4-8-22)26-17-20-9-11-21(12-10-20)18-28-15-5-6-16-28/h2-4,7-12H,5-6,13-19H2,1H3,(H2,25,26,27). The van der Waals surface area contributed by atoms with Crippen molar-refractivity contribution in [1.29, 1.82) is 0 Å². The Bertz CT molecular complexity index is 772. The second-order valence-electron chi connectivity index (χ2n) is 8.23. The maximum absolute atomic E-state index is 4.40. The summed E-state index contributed by atoms with van der Waals surface area (Å²) in [6.45, 7) is 5.30. The van der Waals surface area contributed by atoms with Gasteiger partial charge in [0.15, 0.2) is 5.96 Å². The van der Waals surface area contributed by atoms with Crippen LogP contribution in [0.1, 0.15) is 42.4 Å². The fraction of sp³-hybridized carbons (Fsp3) is 0.458. The molecule has 2 aromatic carbocycles. The van der Waals surface area contributed by atoms with E-state index in [9.17, 15) is 0 Å². The fourth-order valence-electron chi connectivity index (χ4n) is 4.13. The highest BCUT2D eigenvalue weighted by Crippen LogP contribution is 2.47. The van der Waals surface area contributed by atoms with Gasteiger partial charge in [-0.2, -0.15) is 0 Å². The van der Waals surface area contributed by atoms with E-state index < -0.39 is 0 Å². The van der Waals surface area contributed by atoms with E-state index in [1.807, 2.05) is 7.05 Å². The minimum absolute atomic E-state index is 0.288. The first-order valence-corrected chi connectivity index (χ1v) is 10.6. The minimum Gasteiger partial charge on any atom is -0.356 e. The van der Waals surface area contributed by atoms with Crippen molar-refractivity contribution in [1.82, 2.24) is 15.5 Å². The third kappa shape index (κ3) is 4.74. The molecule has 1 saturated heterocycles. The lowest BCUT2D eigenvalue weighted by Gasteiger charge is -2.19. The van der Waals surface area contributed by atoms with Gasteiger partial charge in [0, 0.05) is 32.1 Å². The summed E-state index contributed by atoms with van der Waals surface area (Å²) < 4.78 is 0.